The highest BCUT2D eigenvalue weighted by molar-refractivity contribution is 7.17. The molecular weight excluding hydrogens is 236 g/mol. The number of aryl methyl sites for hydroxylation is 1. The molecule has 0 saturated carbocycles. The van der Waals surface area contributed by atoms with E-state index in [4.69, 9.17) is 4.74 Å². The molecule has 0 N–H and O–H groups in total. The zero-order chi connectivity index (χ0) is 13.2. The van der Waals surface area contributed by atoms with Gasteiger partial charge in [-0.3, -0.25) is 0 Å². The lowest BCUT2D eigenvalue weighted by Gasteiger charge is -2.27. The number of methoxy groups -OCH3 is 1. The fraction of sp³-hybridized carbons (Fsp3) is 0.667. The molecule has 4 nitrogen and oxygen atoms in total. The number of hydrogen-bond acceptors (Lipinski definition) is 5. The zero-order valence-electron chi connectivity index (χ0n) is 11.3. The first-order valence-corrected chi connectivity index (χ1v) is 6.48. The Morgan fingerprint density at radius 2 is 2.00 bits per heavy atom. The minimum atomic E-state index is -0.308. The summed E-state index contributed by atoms with van der Waals surface area (Å²) in [6.07, 6.45) is 0. The Morgan fingerprint density at radius 1 is 1.41 bits per heavy atom. The third-order valence-electron chi connectivity index (χ3n) is 3.03. The van der Waals surface area contributed by atoms with Crippen LogP contribution in [-0.4, -0.2) is 31.2 Å². The van der Waals surface area contributed by atoms with Crippen molar-refractivity contribution in [3.63, 3.8) is 0 Å². The molecule has 0 aliphatic carbocycles. The molecule has 1 atom stereocenters. The highest BCUT2D eigenvalue weighted by Crippen LogP contribution is 2.28. The van der Waals surface area contributed by atoms with E-state index in [1.807, 2.05) is 14.0 Å². The fourth-order valence-corrected chi connectivity index (χ4v) is 2.47. The molecule has 0 radical (unpaired) electrons. The highest BCUT2D eigenvalue weighted by atomic mass is 32.1. The number of carbonyl (C=O) groups excluding carboxylic acids is 1. The summed E-state index contributed by atoms with van der Waals surface area (Å²) in [5.41, 5.74) is 0.736. The molecule has 0 spiro atoms. The van der Waals surface area contributed by atoms with Crippen LogP contribution in [0.4, 0.5) is 5.13 Å². The van der Waals surface area contributed by atoms with Crippen molar-refractivity contribution in [3.05, 3.63) is 10.6 Å². The number of hydrogen-bond donors (Lipinski definition) is 0. The van der Waals surface area contributed by atoms with Gasteiger partial charge in [-0.05, 0) is 19.8 Å². The zero-order valence-corrected chi connectivity index (χ0v) is 12.1. The molecule has 0 amide bonds. The normalized spacial score (nSPS) is 12.6. The van der Waals surface area contributed by atoms with Crippen molar-refractivity contribution in [3.8, 4) is 0 Å². The average Bonchev–Trinajstić information content (AvgIpc) is 2.68. The third-order valence-corrected chi connectivity index (χ3v) is 4.26. The number of thiazole rings is 1. The Kier molecular flexibility index (Phi) is 4.51. The second kappa shape index (κ2) is 5.49. The first kappa shape index (κ1) is 14.0. The lowest BCUT2D eigenvalue weighted by atomic mass is 10.1. The van der Waals surface area contributed by atoms with E-state index in [1.165, 1.54) is 18.4 Å². The maximum absolute atomic E-state index is 11.5. The summed E-state index contributed by atoms with van der Waals surface area (Å²) in [7, 11) is 3.39. The number of anilines is 1. The highest BCUT2D eigenvalue weighted by Gasteiger charge is 2.21. The molecule has 96 valence electrons. The second-order valence-corrected chi connectivity index (χ2v) is 5.48. The number of nitrogens with zero attached hydrogens (tertiary/aromatic N) is 2. The molecule has 17 heavy (non-hydrogen) atoms. The van der Waals surface area contributed by atoms with Gasteiger partial charge in [-0.2, -0.15) is 0 Å². The Morgan fingerprint density at radius 3 is 2.47 bits per heavy atom. The standard InChI is InChI=1S/C12H20N2O2S/c1-7(2)9(4)14(5)12-13-8(3)10(17-12)11(15)16-6/h7,9H,1-6H3. The maximum Gasteiger partial charge on any atom is 0.350 e. The number of aromatic nitrogens is 1. The predicted molar refractivity (Wildman–Crippen MR) is 70.9 cm³/mol. The summed E-state index contributed by atoms with van der Waals surface area (Å²) in [5.74, 6) is 0.225. The topological polar surface area (TPSA) is 42.4 Å². The minimum Gasteiger partial charge on any atom is -0.465 e. The Labute approximate surface area is 107 Å². The number of carbonyl (C=O) groups is 1. The van der Waals surface area contributed by atoms with Crippen LogP contribution < -0.4 is 4.90 Å². The van der Waals surface area contributed by atoms with Crippen LogP contribution in [0.2, 0.25) is 0 Å². The molecule has 0 aromatic carbocycles. The van der Waals surface area contributed by atoms with Gasteiger partial charge in [-0.25, -0.2) is 9.78 Å². The van der Waals surface area contributed by atoms with Crippen LogP contribution in [-0.2, 0) is 4.74 Å². The molecule has 1 aromatic rings. The summed E-state index contributed by atoms with van der Waals surface area (Å²) in [6.45, 7) is 8.32. The molecule has 0 bridgehead atoms. The van der Waals surface area contributed by atoms with Crippen LogP contribution in [0.25, 0.3) is 0 Å². The molecule has 1 aromatic heterocycles. The van der Waals surface area contributed by atoms with Crippen molar-refractivity contribution >= 4 is 22.4 Å². The van der Waals surface area contributed by atoms with Gasteiger partial charge in [0.2, 0.25) is 0 Å². The second-order valence-electron chi connectivity index (χ2n) is 4.50. The van der Waals surface area contributed by atoms with E-state index >= 15 is 0 Å². The van der Waals surface area contributed by atoms with Crippen molar-refractivity contribution in [2.75, 3.05) is 19.1 Å². The smallest absolute Gasteiger partial charge is 0.350 e. The summed E-state index contributed by atoms with van der Waals surface area (Å²) in [6, 6.07) is 0.381. The van der Waals surface area contributed by atoms with Crippen LogP contribution in [0.5, 0.6) is 0 Å². The third kappa shape index (κ3) is 2.97. The van der Waals surface area contributed by atoms with Gasteiger partial charge in [0.25, 0.3) is 0 Å². The van der Waals surface area contributed by atoms with E-state index in [-0.39, 0.29) is 5.97 Å². The van der Waals surface area contributed by atoms with E-state index in [1.54, 1.807) is 0 Å². The van der Waals surface area contributed by atoms with Crippen LogP contribution in [0.3, 0.4) is 0 Å². The molecule has 1 rings (SSSR count). The van der Waals surface area contributed by atoms with Crippen LogP contribution >= 0.6 is 11.3 Å². The SMILES string of the molecule is COC(=O)c1sc(N(C)C(C)C(C)C)nc1C. The van der Waals surface area contributed by atoms with E-state index in [0.717, 1.165) is 10.8 Å². The summed E-state index contributed by atoms with van der Waals surface area (Å²) >= 11 is 1.39. The lowest BCUT2D eigenvalue weighted by Crippen LogP contribution is -2.32. The Balaban J connectivity index is 2.97. The van der Waals surface area contributed by atoms with E-state index in [0.29, 0.717) is 16.8 Å². The number of rotatable bonds is 4. The van der Waals surface area contributed by atoms with E-state index in [2.05, 4.69) is 30.7 Å². The largest absolute Gasteiger partial charge is 0.465 e. The van der Waals surface area contributed by atoms with Gasteiger partial charge in [0.1, 0.15) is 4.88 Å². The van der Waals surface area contributed by atoms with Gasteiger partial charge < -0.3 is 9.64 Å². The summed E-state index contributed by atoms with van der Waals surface area (Å²) < 4.78 is 4.73. The Bertz CT molecular complexity index is 401. The molecule has 0 fully saturated rings. The van der Waals surface area contributed by atoms with Crippen molar-refractivity contribution in [2.45, 2.75) is 33.7 Å². The van der Waals surface area contributed by atoms with Gasteiger partial charge in [0.15, 0.2) is 5.13 Å². The average molecular weight is 256 g/mol. The first-order valence-electron chi connectivity index (χ1n) is 5.67. The maximum atomic E-state index is 11.5. The molecule has 0 aliphatic heterocycles. The van der Waals surface area contributed by atoms with Crippen LogP contribution in [0, 0.1) is 12.8 Å². The summed E-state index contributed by atoms with van der Waals surface area (Å²) in [5, 5.41) is 0.865. The summed E-state index contributed by atoms with van der Waals surface area (Å²) in [4.78, 5) is 18.6. The molecule has 0 saturated heterocycles. The molecule has 5 heteroatoms. The van der Waals surface area contributed by atoms with Crippen molar-refractivity contribution < 1.29 is 9.53 Å². The predicted octanol–water partition coefficient (Wildman–Crippen LogP) is 2.72. The molecule has 1 heterocycles. The number of esters is 1. The fourth-order valence-electron chi connectivity index (χ4n) is 1.44. The van der Waals surface area contributed by atoms with E-state index in [9.17, 15) is 4.79 Å². The quantitative estimate of drug-likeness (QED) is 0.777. The van der Waals surface area contributed by atoms with Crippen molar-refractivity contribution in [1.29, 1.82) is 0 Å². The van der Waals surface area contributed by atoms with Gasteiger partial charge in [0.05, 0.1) is 12.8 Å². The van der Waals surface area contributed by atoms with Crippen molar-refractivity contribution in [1.82, 2.24) is 4.98 Å². The van der Waals surface area contributed by atoms with Gasteiger partial charge in [-0.15, -0.1) is 0 Å². The number of ether oxygens (including phenoxy) is 1. The van der Waals surface area contributed by atoms with Gasteiger partial charge in [-0.1, -0.05) is 25.2 Å². The van der Waals surface area contributed by atoms with Gasteiger partial charge >= 0.3 is 5.97 Å². The van der Waals surface area contributed by atoms with E-state index < -0.39 is 0 Å². The molecule has 0 aliphatic rings. The monoisotopic (exact) mass is 256 g/mol. The lowest BCUT2D eigenvalue weighted by molar-refractivity contribution is 0.0605. The minimum absolute atomic E-state index is 0.308. The van der Waals surface area contributed by atoms with Crippen LogP contribution in [0.1, 0.15) is 36.1 Å². The Hall–Kier alpha value is -1.10. The van der Waals surface area contributed by atoms with Gasteiger partial charge in [0, 0.05) is 13.1 Å². The first-order chi connectivity index (χ1) is 7.88. The molecule has 1 unspecified atom stereocenters. The van der Waals surface area contributed by atoms with Crippen molar-refractivity contribution in [2.24, 2.45) is 5.92 Å². The van der Waals surface area contributed by atoms with Crippen LogP contribution in [0.15, 0.2) is 0 Å². The molecular formula is C12H20N2O2S.